The Kier molecular flexibility index (Phi) is 5.51. The van der Waals surface area contributed by atoms with Crippen LogP contribution in [0.3, 0.4) is 0 Å². The van der Waals surface area contributed by atoms with Gasteiger partial charge in [0.15, 0.2) is 5.82 Å². The van der Waals surface area contributed by atoms with Crippen molar-refractivity contribution in [3.63, 3.8) is 0 Å². The summed E-state index contributed by atoms with van der Waals surface area (Å²) in [4.78, 5) is 19.8. The van der Waals surface area contributed by atoms with Crippen molar-refractivity contribution >= 4 is 23.2 Å². The van der Waals surface area contributed by atoms with Crippen LogP contribution in [0, 0.1) is 0 Å². The lowest BCUT2D eigenvalue weighted by atomic mass is 10.1. The number of aromatic nitrogens is 2. The lowest BCUT2D eigenvalue weighted by Crippen LogP contribution is -2.04. The van der Waals surface area contributed by atoms with Crippen molar-refractivity contribution in [3.05, 3.63) is 66.0 Å². The molecule has 0 saturated heterocycles. The van der Waals surface area contributed by atoms with E-state index in [1.807, 2.05) is 24.3 Å². The Morgan fingerprint density at radius 2 is 1.85 bits per heavy atom. The minimum Gasteiger partial charge on any atom is -0.465 e. The van der Waals surface area contributed by atoms with E-state index in [9.17, 15) is 4.79 Å². The number of para-hydroxylation sites is 1. The quantitative estimate of drug-likeness (QED) is 0.639. The highest BCUT2D eigenvalue weighted by Gasteiger charge is 2.12. The van der Waals surface area contributed by atoms with E-state index in [-0.39, 0.29) is 5.88 Å². The number of anilines is 3. The van der Waals surface area contributed by atoms with E-state index in [1.54, 1.807) is 24.3 Å². The van der Waals surface area contributed by atoms with Crippen LogP contribution in [0.2, 0.25) is 0 Å². The van der Waals surface area contributed by atoms with Crippen LogP contribution in [0.5, 0.6) is 11.6 Å². The lowest BCUT2D eigenvalue weighted by molar-refractivity contribution is 0.0600. The van der Waals surface area contributed by atoms with E-state index in [1.165, 1.54) is 13.4 Å². The number of methoxy groups -OCH3 is 1. The Morgan fingerprint density at radius 1 is 1.11 bits per heavy atom. The van der Waals surface area contributed by atoms with Crippen LogP contribution in [0.15, 0.2) is 54.9 Å². The van der Waals surface area contributed by atoms with Gasteiger partial charge in [-0.15, -0.1) is 0 Å². The van der Waals surface area contributed by atoms with E-state index in [2.05, 4.69) is 26.9 Å². The number of nitrogens with two attached hydrogens (primary N) is 1. The highest BCUT2D eigenvalue weighted by molar-refractivity contribution is 5.89. The van der Waals surface area contributed by atoms with Gasteiger partial charge in [0.25, 0.3) is 0 Å². The molecule has 0 radical (unpaired) electrons. The molecular weight excluding hydrogens is 344 g/mol. The SMILES string of the molecule is CCc1ccccc1Nc1ncnc(Oc2ccc(C(=O)OC)cc2)c1N. The third-order valence-electron chi connectivity index (χ3n) is 3.99. The molecule has 7 nitrogen and oxygen atoms in total. The predicted octanol–water partition coefficient (Wildman–Crippen LogP) is 3.94. The highest BCUT2D eigenvalue weighted by Crippen LogP contribution is 2.31. The number of hydrogen-bond donors (Lipinski definition) is 2. The van der Waals surface area contributed by atoms with Gasteiger partial charge in [-0.3, -0.25) is 0 Å². The summed E-state index contributed by atoms with van der Waals surface area (Å²) in [6.45, 7) is 2.08. The molecule has 0 spiro atoms. The Bertz CT molecular complexity index is 942. The first-order chi connectivity index (χ1) is 13.1. The first-order valence-electron chi connectivity index (χ1n) is 8.44. The molecule has 0 amide bonds. The number of ether oxygens (including phenoxy) is 2. The first kappa shape index (κ1) is 18.2. The van der Waals surface area contributed by atoms with Crippen molar-refractivity contribution in [1.29, 1.82) is 0 Å². The fourth-order valence-corrected chi connectivity index (χ4v) is 2.53. The standard InChI is InChI=1S/C20H20N4O3/c1-3-13-6-4-5-7-16(13)24-18-17(21)19(23-12-22-18)27-15-10-8-14(9-11-15)20(25)26-2/h4-12H,3,21H2,1-2H3,(H,22,23,24). The zero-order valence-electron chi connectivity index (χ0n) is 15.1. The maximum absolute atomic E-state index is 11.5. The summed E-state index contributed by atoms with van der Waals surface area (Å²) in [5.41, 5.74) is 8.98. The molecule has 1 aromatic heterocycles. The molecule has 3 N–H and O–H groups in total. The van der Waals surface area contributed by atoms with Crippen molar-refractivity contribution in [2.24, 2.45) is 0 Å². The second-order valence-electron chi connectivity index (χ2n) is 5.69. The summed E-state index contributed by atoms with van der Waals surface area (Å²) >= 11 is 0. The smallest absolute Gasteiger partial charge is 0.337 e. The van der Waals surface area contributed by atoms with Crippen LogP contribution < -0.4 is 15.8 Å². The molecular formula is C20H20N4O3. The summed E-state index contributed by atoms with van der Waals surface area (Å²) < 4.78 is 10.4. The second kappa shape index (κ2) is 8.18. The van der Waals surface area contributed by atoms with Gasteiger partial charge < -0.3 is 20.5 Å². The number of nitrogens with one attached hydrogen (secondary N) is 1. The predicted molar refractivity (Wildman–Crippen MR) is 103 cm³/mol. The van der Waals surface area contributed by atoms with Crippen LogP contribution in [-0.4, -0.2) is 23.0 Å². The second-order valence-corrected chi connectivity index (χ2v) is 5.69. The number of benzene rings is 2. The van der Waals surface area contributed by atoms with Gasteiger partial charge in [-0.1, -0.05) is 25.1 Å². The van der Waals surface area contributed by atoms with Crippen molar-refractivity contribution in [2.75, 3.05) is 18.2 Å². The van der Waals surface area contributed by atoms with Gasteiger partial charge in [0.2, 0.25) is 5.88 Å². The van der Waals surface area contributed by atoms with Crippen molar-refractivity contribution in [2.45, 2.75) is 13.3 Å². The van der Waals surface area contributed by atoms with Gasteiger partial charge in [0.1, 0.15) is 17.8 Å². The molecule has 0 unspecified atom stereocenters. The van der Waals surface area contributed by atoms with Gasteiger partial charge >= 0.3 is 5.97 Å². The van der Waals surface area contributed by atoms with Gasteiger partial charge in [0, 0.05) is 5.69 Å². The third-order valence-corrected chi connectivity index (χ3v) is 3.99. The Morgan fingerprint density at radius 3 is 2.56 bits per heavy atom. The molecule has 0 aliphatic rings. The van der Waals surface area contributed by atoms with E-state index in [0.717, 1.165) is 17.7 Å². The molecule has 0 saturated carbocycles. The molecule has 2 aromatic carbocycles. The number of nitrogen functional groups attached to an aromatic ring is 1. The van der Waals surface area contributed by atoms with Gasteiger partial charge in [0.05, 0.1) is 12.7 Å². The molecule has 0 bridgehead atoms. The van der Waals surface area contributed by atoms with Crippen LogP contribution in [0.25, 0.3) is 0 Å². The zero-order chi connectivity index (χ0) is 19.2. The largest absolute Gasteiger partial charge is 0.465 e. The van der Waals surface area contributed by atoms with Gasteiger partial charge in [-0.2, -0.15) is 4.98 Å². The van der Waals surface area contributed by atoms with Crippen molar-refractivity contribution < 1.29 is 14.3 Å². The topological polar surface area (TPSA) is 99.4 Å². The Hall–Kier alpha value is -3.61. The fraction of sp³-hybridized carbons (Fsp3) is 0.150. The molecule has 3 rings (SSSR count). The van der Waals surface area contributed by atoms with E-state index >= 15 is 0 Å². The number of aryl methyl sites for hydroxylation is 1. The molecule has 0 aliphatic heterocycles. The van der Waals surface area contributed by atoms with Gasteiger partial charge in [-0.25, -0.2) is 9.78 Å². The molecule has 1 heterocycles. The van der Waals surface area contributed by atoms with Crippen LogP contribution in [0.1, 0.15) is 22.8 Å². The molecule has 0 aliphatic carbocycles. The molecule has 138 valence electrons. The van der Waals surface area contributed by atoms with Gasteiger partial charge in [-0.05, 0) is 42.3 Å². The monoisotopic (exact) mass is 364 g/mol. The Labute approximate surface area is 157 Å². The fourth-order valence-electron chi connectivity index (χ4n) is 2.53. The molecule has 27 heavy (non-hydrogen) atoms. The molecule has 0 fully saturated rings. The molecule has 0 atom stereocenters. The Balaban J connectivity index is 1.81. The first-order valence-corrected chi connectivity index (χ1v) is 8.44. The number of esters is 1. The molecule has 7 heteroatoms. The highest BCUT2D eigenvalue weighted by atomic mass is 16.5. The minimum atomic E-state index is -0.413. The number of carbonyl (C=O) groups is 1. The zero-order valence-corrected chi connectivity index (χ0v) is 15.1. The van der Waals surface area contributed by atoms with Crippen LogP contribution in [-0.2, 0) is 11.2 Å². The summed E-state index contributed by atoms with van der Waals surface area (Å²) in [6, 6.07) is 14.4. The number of hydrogen-bond acceptors (Lipinski definition) is 7. The van der Waals surface area contributed by atoms with E-state index < -0.39 is 5.97 Å². The third kappa shape index (κ3) is 4.14. The number of carbonyl (C=O) groups excluding carboxylic acids is 1. The van der Waals surface area contributed by atoms with Crippen LogP contribution in [0.4, 0.5) is 17.2 Å². The lowest BCUT2D eigenvalue weighted by Gasteiger charge is -2.14. The maximum atomic E-state index is 11.5. The average Bonchev–Trinajstić information content (AvgIpc) is 2.71. The molecule has 3 aromatic rings. The normalized spacial score (nSPS) is 10.3. The summed E-state index contributed by atoms with van der Waals surface area (Å²) in [5.74, 6) is 0.775. The maximum Gasteiger partial charge on any atom is 0.337 e. The minimum absolute atomic E-state index is 0.229. The van der Waals surface area contributed by atoms with Crippen molar-refractivity contribution in [1.82, 2.24) is 9.97 Å². The number of rotatable bonds is 6. The van der Waals surface area contributed by atoms with Crippen LogP contribution >= 0.6 is 0 Å². The van der Waals surface area contributed by atoms with E-state index in [4.69, 9.17) is 10.5 Å². The van der Waals surface area contributed by atoms with Crippen molar-refractivity contribution in [3.8, 4) is 11.6 Å². The summed E-state index contributed by atoms with van der Waals surface area (Å²) in [5, 5.41) is 3.23. The number of nitrogens with zero attached hydrogens (tertiary/aromatic N) is 2. The van der Waals surface area contributed by atoms with E-state index in [0.29, 0.717) is 22.8 Å². The summed E-state index contributed by atoms with van der Waals surface area (Å²) in [6.07, 6.45) is 2.26. The summed E-state index contributed by atoms with van der Waals surface area (Å²) in [7, 11) is 1.33. The average molecular weight is 364 g/mol.